The van der Waals surface area contributed by atoms with Crippen molar-refractivity contribution in [2.24, 2.45) is 16.1 Å². The van der Waals surface area contributed by atoms with Crippen LogP contribution in [0.1, 0.15) is 19.8 Å². The molecule has 7 nitrogen and oxygen atoms in total. The van der Waals surface area contributed by atoms with Crippen LogP contribution < -0.4 is 5.73 Å². The Kier molecular flexibility index (Phi) is 3.48. The van der Waals surface area contributed by atoms with Gasteiger partial charge in [-0.05, 0) is 6.42 Å². The summed E-state index contributed by atoms with van der Waals surface area (Å²) >= 11 is 0. The van der Waals surface area contributed by atoms with Gasteiger partial charge in [-0.25, -0.2) is 5.01 Å². The van der Waals surface area contributed by atoms with Crippen molar-refractivity contribution in [3.63, 3.8) is 0 Å². The van der Waals surface area contributed by atoms with Crippen molar-refractivity contribution in [1.29, 1.82) is 0 Å². The van der Waals surface area contributed by atoms with Gasteiger partial charge < -0.3 is 5.73 Å². The average molecular weight is 212 g/mol. The summed E-state index contributed by atoms with van der Waals surface area (Å²) in [5.41, 5.74) is 5.02. The summed E-state index contributed by atoms with van der Waals surface area (Å²) < 4.78 is 0. The molecule has 0 saturated carbocycles. The van der Waals surface area contributed by atoms with Gasteiger partial charge in [-0.3, -0.25) is 14.4 Å². The van der Waals surface area contributed by atoms with Crippen molar-refractivity contribution in [3.05, 3.63) is 0 Å². The van der Waals surface area contributed by atoms with Crippen LogP contribution in [0.4, 0.5) is 0 Å². The standard InChI is InChI=1S/C8H12N4O3/c1-2-5(3-7(9)14)12-8(15)6(13)4-10-11-12/h5H,2-4H2,1H3,(H2,9,14). The Morgan fingerprint density at radius 1 is 1.60 bits per heavy atom. The first-order valence-electron chi connectivity index (χ1n) is 4.58. The first-order chi connectivity index (χ1) is 7.06. The maximum absolute atomic E-state index is 11.4. The fourth-order valence-corrected chi connectivity index (χ4v) is 1.27. The van der Waals surface area contributed by atoms with E-state index in [1.165, 1.54) is 0 Å². The van der Waals surface area contributed by atoms with Crippen LogP contribution in [0, 0.1) is 0 Å². The lowest BCUT2D eigenvalue weighted by Crippen LogP contribution is -2.44. The lowest BCUT2D eigenvalue weighted by Gasteiger charge is -2.25. The molecule has 0 fully saturated rings. The zero-order chi connectivity index (χ0) is 11.4. The molecule has 0 aromatic carbocycles. The SMILES string of the molecule is CCC(CC(N)=O)N1N=NCC(=O)C1=O. The number of Topliss-reactive ketones (excluding diaryl/α,β-unsaturated/α-hetero) is 1. The van der Waals surface area contributed by atoms with Gasteiger partial charge in [-0.2, -0.15) is 5.11 Å². The number of hydrogen-bond acceptors (Lipinski definition) is 5. The van der Waals surface area contributed by atoms with Gasteiger partial charge in [0, 0.05) is 6.42 Å². The minimum absolute atomic E-state index is 0.0193. The summed E-state index contributed by atoms with van der Waals surface area (Å²) in [6.07, 6.45) is 0.468. The van der Waals surface area contributed by atoms with Gasteiger partial charge in [-0.1, -0.05) is 12.1 Å². The number of nitrogens with zero attached hydrogens (tertiary/aromatic N) is 3. The summed E-state index contributed by atoms with van der Waals surface area (Å²) in [7, 11) is 0. The molecule has 1 unspecified atom stereocenters. The molecular weight excluding hydrogens is 200 g/mol. The molecular formula is C8H12N4O3. The van der Waals surface area contributed by atoms with E-state index < -0.39 is 23.6 Å². The molecule has 7 heteroatoms. The molecule has 1 rings (SSSR count). The molecule has 2 amide bonds. The fourth-order valence-electron chi connectivity index (χ4n) is 1.27. The Labute approximate surface area is 86.3 Å². The molecule has 0 spiro atoms. The molecule has 0 aliphatic carbocycles. The number of rotatable bonds is 4. The molecule has 82 valence electrons. The number of amides is 2. The fraction of sp³-hybridized carbons (Fsp3) is 0.625. The largest absolute Gasteiger partial charge is 0.370 e. The third-order valence-corrected chi connectivity index (χ3v) is 2.07. The lowest BCUT2D eigenvalue weighted by molar-refractivity contribution is -0.148. The van der Waals surface area contributed by atoms with Gasteiger partial charge in [0.1, 0.15) is 6.54 Å². The third kappa shape index (κ3) is 2.58. The van der Waals surface area contributed by atoms with Gasteiger partial charge in [0.15, 0.2) is 0 Å². The number of ketones is 1. The van der Waals surface area contributed by atoms with E-state index in [1.807, 2.05) is 0 Å². The van der Waals surface area contributed by atoms with Crippen molar-refractivity contribution < 1.29 is 14.4 Å². The first-order valence-corrected chi connectivity index (χ1v) is 4.58. The van der Waals surface area contributed by atoms with Crippen molar-refractivity contribution in [1.82, 2.24) is 5.01 Å². The number of nitrogens with two attached hydrogens (primary N) is 1. The molecule has 0 radical (unpaired) electrons. The molecule has 0 aromatic heterocycles. The van der Waals surface area contributed by atoms with E-state index in [0.29, 0.717) is 6.42 Å². The highest BCUT2D eigenvalue weighted by Crippen LogP contribution is 2.13. The van der Waals surface area contributed by atoms with Gasteiger partial charge in [-0.15, -0.1) is 0 Å². The molecule has 1 aliphatic rings. The van der Waals surface area contributed by atoms with E-state index in [1.54, 1.807) is 6.92 Å². The Balaban J connectivity index is 2.79. The molecule has 0 saturated heterocycles. The first kappa shape index (κ1) is 11.3. The highest BCUT2D eigenvalue weighted by atomic mass is 16.2. The maximum Gasteiger partial charge on any atom is 0.313 e. The molecule has 0 aromatic rings. The van der Waals surface area contributed by atoms with E-state index in [4.69, 9.17) is 5.73 Å². The van der Waals surface area contributed by atoms with Crippen molar-refractivity contribution in [2.75, 3.05) is 6.54 Å². The Morgan fingerprint density at radius 2 is 2.27 bits per heavy atom. The lowest BCUT2D eigenvalue weighted by atomic mass is 10.1. The van der Waals surface area contributed by atoms with E-state index in [-0.39, 0.29) is 13.0 Å². The van der Waals surface area contributed by atoms with Gasteiger partial charge in [0.05, 0.1) is 6.04 Å². The van der Waals surface area contributed by atoms with E-state index in [9.17, 15) is 14.4 Å². The van der Waals surface area contributed by atoms with Gasteiger partial charge >= 0.3 is 5.91 Å². The monoisotopic (exact) mass is 212 g/mol. The zero-order valence-electron chi connectivity index (χ0n) is 8.34. The highest BCUT2D eigenvalue weighted by Gasteiger charge is 2.31. The van der Waals surface area contributed by atoms with Crippen molar-refractivity contribution in [2.45, 2.75) is 25.8 Å². The summed E-state index contributed by atoms with van der Waals surface area (Å²) in [5, 5.41) is 8.00. The van der Waals surface area contributed by atoms with Crippen LogP contribution >= 0.6 is 0 Å². The molecule has 0 bridgehead atoms. The van der Waals surface area contributed by atoms with Crippen LogP contribution in [-0.2, 0) is 14.4 Å². The summed E-state index contributed by atoms with van der Waals surface area (Å²) in [6, 6.07) is -0.483. The smallest absolute Gasteiger partial charge is 0.313 e. The van der Waals surface area contributed by atoms with E-state index >= 15 is 0 Å². The summed E-state index contributed by atoms with van der Waals surface area (Å²) in [5.74, 6) is -1.88. The molecule has 15 heavy (non-hydrogen) atoms. The molecule has 2 N–H and O–H groups in total. The Hall–Kier alpha value is -1.79. The quantitative estimate of drug-likeness (QED) is 0.630. The Bertz CT molecular complexity index is 326. The van der Waals surface area contributed by atoms with Crippen LogP contribution in [0.3, 0.4) is 0 Å². The minimum Gasteiger partial charge on any atom is -0.370 e. The van der Waals surface area contributed by atoms with Crippen LogP contribution in [-0.4, -0.2) is 35.2 Å². The second kappa shape index (κ2) is 4.63. The van der Waals surface area contributed by atoms with Crippen molar-refractivity contribution in [3.8, 4) is 0 Å². The maximum atomic E-state index is 11.4. The third-order valence-electron chi connectivity index (χ3n) is 2.07. The number of hydrogen-bond donors (Lipinski definition) is 1. The molecule has 1 atom stereocenters. The molecule has 1 heterocycles. The average Bonchev–Trinajstić information content (AvgIpc) is 2.19. The van der Waals surface area contributed by atoms with Crippen LogP contribution in [0.2, 0.25) is 0 Å². The second-order valence-electron chi connectivity index (χ2n) is 3.19. The summed E-state index contributed by atoms with van der Waals surface area (Å²) in [4.78, 5) is 33.2. The minimum atomic E-state index is -0.724. The van der Waals surface area contributed by atoms with Crippen LogP contribution in [0.15, 0.2) is 10.3 Å². The highest BCUT2D eigenvalue weighted by molar-refractivity contribution is 6.37. The predicted molar refractivity (Wildman–Crippen MR) is 49.5 cm³/mol. The van der Waals surface area contributed by atoms with Gasteiger partial charge in [0.2, 0.25) is 11.7 Å². The topological polar surface area (TPSA) is 105 Å². The van der Waals surface area contributed by atoms with Crippen LogP contribution in [0.5, 0.6) is 0 Å². The van der Waals surface area contributed by atoms with Crippen molar-refractivity contribution >= 4 is 17.6 Å². The molecule has 1 aliphatic heterocycles. The number of primary amides is 1. The Morgan fingerprint density at radius 3 is 2.80 bits per heavy atom. The van der Waals surface area contributed by atoms with E-state index in [0.717, 1.165) is 5.01 Å². The van der Waals surface area contributed by atoms with Gasteiger partial charge in [0.25, 0.3) is 0 Å². The zero-order valence-corrected chi connectivity index (χ0v) is 8.34. The number of carbonyl (C=O) groups excluding carboxylic acids is 3. The van der Waals surface area contributed by atoms with Crippen LogP contribution in [0.25, 0.3) is 0 Å². The second-order valence-corrected chi connectivity index (χ2v) is 3.19. The normalized spacial score (nSPS) is 18.1. The number of carbonyl (C=O) groups is 3. The predicted octanol–water partition coefficient (Wildman–Crippen LogP) is -0.581. The summed E-state index contributed by atoms with van der Waals surface area (Å²) in [6.45, 7) is 1.55. The van der Waals surface area contributed by atoms with E-state index in [2.05, 4.69) is 10.3 Å².